The number of benzene rings is 2. The van der Waals surface area contributed by atoms with Crippen molar-refractivity contribution >= 4 is 16.9 Å². The summed E-state index contributed by atoms with van der Waals surface area (Å²) in [6.07, 6.45) is 2.45. The van der Waals surface area contributed by atoms with Crippen molar-refractivity contribution in [3.05, 3.63) is 58.3 Å². The Morgan fingerprint density at radius 2 is 1.96 bits per heavy atom. The zero-order chi connectivity index (χ0) is 16.0. The lowest BCUT2D eigenvalue weighted by molar-refractivity contribution is -0.141. The van der Waals surface area contributed by atoms with Crippen molar-refractivity contribution in [3.8, 4) is 11.3 Å². The molecule has 2 aliphatic carbocycles. The molecular formula is C19H16O4. The largest absolute Gasteiger partial charge is 0.481 e. The van der Waals surface area contributed by atoms with E-state index >= 15 is 0 Å². The van der Waals surface area contributed by atoms with Crippen molar-refractivity contribution in [1.82, 2.24) is 0 Å². The van der Waals surface area contributed by atoms with Gasteiger partial charge in [0, 0.05) is 17.0 Å². The summed E-state index contributed by atoms with van der Waals surface area (Å²) in [6, 6.07) is 12.4. The molecule has 1 aromatic rings. The average molecular weight is 308 g/mol. The van der Waals surface area contributed by atoms with Crippen molar-refractivity contribution < 1.29 is 14.3 Å². The average Bonchev–Trinajstić information content (AvgIpc) is 3.01. The van der Waals surface area contributed by atoms with Gasteiger partial charge in [0.05, 0.1) is 5.92 Å². The first-order valence-electron chi connectivity index (χ1n) is 7.83. The molecule has 1 fully saturated rings. The Morgan fingerprint density at radius 1 is 1.13 bits per heavy atom. The van der Waals surface area contributed by atoms with Gasteiger partial charge in [-0.3, -0.25) is 9.59 Å². The Morgan fingerprint density at radius 3 is 2.78 bits per heavy atom. The second-order valence-corrected chi connectivity index (χ2v) is 6.15. The lowest BCUT2D eigenvalue weighted by atomic mass is 9.83. The molecular weight excluding hydrogens is 292 g/mol. The molecule has 3 aliphatic rings. The molecule has 4 heteroatoms. The summed E-state index contributed by atoms with van der Waals surface area (Å²) < 4.78 is 5.88. The van der Waals surface area contributed by atoms with Gasteiger partial charge in [-0.1, -0.05) is 24.6 Å². The second-order valence-electron chi connectivity index (χ2n) is 6.15. The van der Waals surface area contributed by atoms with Crippen molar-refractivity contribution in [1.29, 1.82) is 0 Å². The summed E-state index contributed by atoms with van der Waals surface area (Å²) in [7, 11) is 0. The monoisotopic (exact) mass is 308 g/mol. The van der Waals surface area contributed by atoms with Gasteiger partial charge in [-0.2, -0.15) is 0 Å². The fraction of sp³-hybridized carbons (Fsp3) is 0.263. The van der Waals surface area contributed by atoms with Crippen LogP contribution in [0.1, 0.15) is 30.7 Å². The van der Waals surface area contributed by atoms with E-state index < -0.39 is 5.97 Å². The Labute approximate surface area is 132 Å². The van der Waals surface area contributed by atoms with Gasteiger partial charge in [-0.25, -0.2) is 0 Å². The fourth-order valence-corrected chi connectivity index (χ4v) is 3.85. The molecule has 1 heterocycles. The van der Waals surface area contributed by atoms with Crippen LogP contribution in [-0.2, 0) is 4.79 Å². The van der Waals surface area contributed by atoms with E-state index in [1.807, 2.05) is 24.3 Å². The van der Waals surface area contributed by atoms with E-state index in [1.165, 1.54) is 12.1 Å². The van der Waals surface area contributed by atoms with Crippen molar-refractivity contribution in [2.45, 2.75) is 25.2 Å². The molecule has 1 aromatic carbocycles. The van der Waals surface area contributed by atoms with Crippen LogP contribution < -0.4 is 5.43 Å². The number of rotatable bonds is 2. The number of carboxylic acid groups (broad SMARTS) is 1. The molecule has 0 saturated heterocycles. The number of carboxylic acids is 1. The molecule has 0 amide bonds. The third kappa shape index (κ3) is 2.22. The Kier molecular flexibility index (Phi) is 3.18. The summed E-state index contributed by atoms with van der Waals surface area (Å²) in [4.78, 5) is 23.3. The molecule has 23 heavy (non-hydrogen) atoms. The molecule has 116 valence electrons. The fourth-order valence-electron chi connectivity index (χ4n) is 3.85. The van der Waals surface area contributed by atoms with Gasteiger partial charge in [0.1, 0.15) is 11.3 Å². The third-order valence-electron chi connectivity index (χ3n) is 4.84. The minimum Gasteiger partial charge on any atom is -0.481 e. The Balaban J connectivity index is 2.06. The van der Waals surface area contributed by atoms with Crippen LogP contribution in [0.2, 0.25) is 0 Å². The van der Waals surface area contributed by atoms with Gasteiger partial charge < -0.3 is 9.52 Å². The lowest BCUT2D eigenvalue weighted by Crippen LogP contribution is -2.18. The first kappa shape index (κ1) is 14.0. The van der Waals surface area contributed by atoms with Crippen LogP contribution >= 0.6 is 0 Å². The highest BCUT2D eigenvalue weighted by atomic mass is 16.4. The number of hydrogen-bond donors (Lipinski definition) is 1. The predicted molar refractivity (Wildman–Crippen MR) is 86.8 cm³/mol. The maximum atomic E-state index is 11.7. The van der Waals surface area contributed by atoms with E-state index in [0.717, 1.165) is 29.4 Å². The van der Waals surface area contributed by atoms with Crippen molar-refractivity contribution in [2.24, 2.45) is 5.92 Å². The zero-order valence-corrected chi connectivity index (χ0v) is 12.5. The highest BCUT2D eigenvalue weighted by molar-refractivity contribution is 5.89. The number of hydrogen-bond acceptors (Lipinski definition) is 3. The minimum atomic E-state index is -0.744. The highest BCUT2D eigenvalue weighted by Gasteiger charge is 2.37. The Bertz CT molecular complexity index is 924. The van der Waals surface area contributed by atoms with Gasteiger partial charge >= 0.3 is 5.97 Å². The molecule has 0 spiro atoms. The van der Waals surface area contributed by atoms with E-state index in [-0.39, 0.29) is 17.3 Å². The second kappa shape index (κ2) is 5.23. The van der Waals surface area contributed by atoms with Crippen molar-refractivity contribution in [2.75, 3.05) is 0 Å². The number of carbonyl (C=O) groups is 1. The molecule has 1 saturated carbocycles. The normalized spacial score (nSPS) is 21.0. The molecule has 2 atom stereocenters. The van der Waals surface area contributed by atoms with E-state index in [1.54, 1.807) is 6.07 Å². The molecule has 0 aromatic heterocycles. The third-order valence-corrected chi connectivity index (χ3v) is 4.84. The van der Waals surface area contributed by atoms with Crippen LogP contribution in [0.3, 0.4) is 0 Å². The quantitative estimate of drug-likeness (QED) is 0.730. The van der Waals surface area contributed by atoms with Crippen molar-refractivity contribution in [3.63, 3.8) is 0 Å². The molecule has 0 bridgehead atoms. The van der Waals surface area contributed by atoms with Gasteiger partial charge in [0.25, 0.3) is 0 Å². The van der Waals surface area contributed by atoms with E-state index in [9.17, 15) is 14.7 Å². The topological polar surface area (TPSA) is 67.5 Å². The summed E-state index contributed by atoms with van der Waals surface area (Å²) in [5, 5.41) is 10.5. The number of aliphatic carboxylic acids is 1. The summed E-state index contributed by atoms with van der Waals surface area (Å²) in [6.45, 7) is 0. The van der Waals surface area contributed by atoms with Crippen LogP contribution in [0.5, 0.6) is 0 Å². The molecule has 4 rings (SSSR count). The van der Waals surface area contributed by atoms with Gasteiger partial charge in [-0.15, -0.1) is 0 Å². The van der Waals surface area contributed by atoms with Gasteiger partial charge in [-0.05, 0) is 42.5 Å². The maximum Gasteiger partial charge on any atom is 0.307 e. The van der Waals surface area contributed by atoms with Crippen LogP contribution in [0.4, 0.5) is 0 Å². The Hall–Kier alpha value is -2.62. The predicted octanol–water partition coefficient (Wildman–Crippen LogP) is 3.87. The lowest BCUT2D eigenvalue weighted by Gasteiger charge is -2.22. The maximum absolute atomic E-state index is 11.7. The molecule has 2 unspecified atom stereocenters. The summed E-state index contributed by atoms with van der Waals surface area (Å²) in [5.41, 5.74) is 2.44. The van der Waals surface area contributed by atoms with E-state index in [0.29, 0.717) is 17.8 Å². The molecule has 4 nitrogen and oxygen atoms in total. The SMILES string of the molecule is O=C(O)C1CCCC1c1c2ccc(=O)cc-2oc2ccccc12. The van der Waals surface area contributed by atoms with Crippen LogP contribution in [0, 0.1) is 5.92 Å². The van der Waals surface area contributed by atoms with Gasteiger partial charge in [0.2, 0.25) is 0 Å². The van der Waals surface area contributed by atoms with Crippen LogP contribution in [0.25, 0.3) is 22.3 Å². The van der Waals surface area contributed by atoms with Crippen LogP contribution in [0.15, 0.2) is 51.7 Å². The summed E-state index contributed by atoms with van der Waals surface area (Å²) in [5.74, 6) is -0.641. The number of fused-ring (bicyclic) bond motifs is 2. The molecule has 1 N–H and O–H groups in total. The minimum absolute atomic E-state index is 0.0474. The first-order chi connectivity index (χ1) is 11.1. The zero-order valence-electron chi connectivity index (χ0n) is 12.5. The van der Waals surface area contributed by atoms with Crippen LogP contribution in [-0.4, -0.2) is 11.1 Å². The van der Waals surface area contributed by atoms with E-state index in [2.05, 4.69) is 0 Å². The summed E-state index contributed by atoms with van der Waals surface area (Å²) >= 11 is 0. The number of para-hydroxylation sites is 1. The molecule has 1 aliphatic heterocycles. The molecule has 0 radical (unpaired) electrons. The van der Waals surface area contributed by atoms with E-state index in [4.69, 9.17) is 4.42 Å². The highest BCUT2D eigenvalue weighted by Crippen LogP contribution is 2.46. The smallest absolute Gasteiger partial charge is 0.307 e. The van der Waals surface area contributed by atoms with Gasteiger partial charge in [0.15, 0.2) is 5.43 Å². The standard InChI is InChI=1S/C19H16O4/c20-11-8-9-15-17(10-11)23-16-7-2-1-4-14(16)18(15)12-5-3-6-13(12)19(21)22/h1-2,4,7-10,12-13H,3,5-6H2,(H,21,22). The first-order valence-corrected chi connectivity index (χ1v) is 7.83.